The van der Waals surface area contributed by atoms with Gasteiger partial charge in [0.25, 0.3) is 11.5 Å². The smallest absolute Gasteiger partial charge is 0.287 e. The number of nitrogens with zero attached hydrogens (tertiary/aromatic N) is 4. The van der Waals surface area contributed by atoms with E-state index in [2.05, 4.69) is 63.5 Å². The van der Waals surface area contributed by atoms with Crippen molar-refractivity contribution in [3.05, 3.63) is 93.9 Å². The summed E-state index contributed by atoms with van der Waals surface area (Å²) in [4.78, 5) is 36.3. The maximum absolute atomic E-state index is 14.6. The van der Waals surface area contributed by atoms with Crippen LogP contribution in [-0.4, -0.2) is 44.6 Å². The van der Waals surface area contributed by atoms with Gasteiger partial charge in [-0.25, -0.2) is 14.5 Å². The number of nitrogens with one attached hydrogen (secondary N) is 3. The van der Waals surface area contributed by atoms with E-state index >= 15 is 0 Å². The van der Waals surface area contributed by atoms with Crippen molar-refractivity contribution in [1.29, 1.82) is 0 Å². The lowest BCUT2D eigenvalue weighted by Gasteiger charge is -2.19. The number of pyridine rings is 2. The fourth-order valence-corrected chi connectivity index (χ4v) is 4.73. The third kappa shape index (κ3) is 5.91. The van der Waals surface area contributed by atoms with Gasteiger partial charge in [0.05, 0.1) is 11.4 Å². The number of H-pyrrole nitrogens is 1. The molecule has 1 amide bonds. The van der Waals surface area contributed by atoms with E-state index in [1.54, 1.807) is 18.3 Å². The average Bonchev–Trinajstić information content (AvgIpc) is 3.37. The highest BCUT2D eigenvalue weighted by Gasteiger charge is 2.23. The molecule has 0 radical (unpaired) electrons. The number of aromatic amines is 1. The molecule has 0 aliphatic carbocycles. The molecule has 4 aromatic rings. The first-order valence-electron chi connectivity index (χ1n) is 13.2. The van der Waals surface area contributed by atoms with Crippen LogP contribution < -0.4 is 16.2 Å². The number of likely N-dealkylation sites (tertiary alicyclic amines) is 1. The first kappa shape index (κ1) is 27.1. The number of rotatable bonds is 6. The molecule has 0 bridgehead atoms. The van der Waals surface area contributed by atoms with Gasteiger partial charge in [0.1, 0.15) is 23.0 Å². The Hall–Kier alpha value is -4.44. The molecule has 1 unspecified atom stereocenters. The number of anilines is 3. The van der Waals surface area contributed by atoms with Crippen molar-refractivity contribution >= 4 is 23.1 Å². The Morgan fingerprint density at radius 3 is 2.52 bits per heavy atom. The number of carbonyl (C=O) groups excluding carboxylic acids is 1. The van der Waals surface area contributed by atoms with Crippen molar-refractivity contribution in [2.75, 3.05) is 24.2 Å². The van der Waals surface area contributed by atoms with E-state index < -0.39 is 17.3 Å². The summed E-state index contributed by atoms with van der Waals surface area (Å²) in [7, 11) is 2.11. The summed E-state index contributed by atoms with van der Waals surface area (Å²) in [6.07, 6.45) is 5.73. The zero-order valence-electron chi connectivity index (χ0n) is 23.0. The van der Waals surface area contributed by atoms with E-state index in [-0.39, 0.29) is 22.5 Å². The van der Waals surface area contributed by atoms with E-state index in [1.165, 1.54) is 18.2 Å². The topological polar surface area (TPSA) is 116 Å². The zero-order valence-corrected chi connectivity index (χ0v) is 23.0. The number of halogens is 1. The first-order valence-corrected chi connectivity index (χ1v) is 13.2. The van der Waals surface area contributed by atoms with Gasteiger partial charge < -0.3 is 10.6 Å². The highest BCUT2D eigenvalue weighted by Crippen LogP contribution is 2.30. The average molecular weight is 542 g/mol. The highest BCUT2D eigenvalue weighted by atomic mass is 19.1. The molecule has 3 N–H and O–H groups in total. The van der Waals surface area contributed by atoms with Crippen molar-refractivity contribution in [1.82, 2.24) is 25.1 Å². The van der Waals surface area contributed by atoms with Crippen LogP contribution in [0.5, 0.6) is 0 Å². The normalized spacial score (nSPS) is 15.7. The van der Waals surface area contributed by atoms with E-state index in [9.17, 15) is 14.0 Å². The number of aromatic nitrogens is 4. The van der Waals surface area contributed by atoms with E-state index in [1.807, 2.05) is 24.4 Å². The molecular weight excluding hydrogens is 509 g/mol. The molecule has 0 spiro atoms. The molecule has 40 heavy (non-hydrogen) atoms. The van der Waals surface area contributed by atoms with Crippen molar-refractivity contribution < 1.29 is 9.18 Å². The molecule has 1 atom stereocenters. The van der Waals surface area contributed by atoms with Gasteiger partial charge in [-0.15, -0.1) is 0 Å². The number of hydrogen-bond donors (Lipinski definition) is 3. The first-order chi connectivity index (χ1) is 19.1. The van der Waals surface area contributed by atoms with Gasteiger partial charge in [-0.3, -0.25) is 19.5 Å². The fraction of sp³-hybridized carbons (Fsp3) is 0.300. The van der Waals surface area contributed by atoms with Gasteiger partial charge in [0, 0.05) is 24.0 Å². The van der Waals surface area contributed by atoms with Gasteiger partial charge >= 0.3 is 0 Å². The number of amides is 1. The maximum Gasteiger partial charge on any atom is 0.287 e. The molecule has 4 heterocycles. The SMILES string of the molecule is CN1CCCC1c1ccc(Nc2cc(-c3ccc(F)c(NC(=O)c4ccc(C(C)(C)C)cn4)c3)n[nH]c2=O)nc1. The Bertz CT molecular complexity index is 1580. The largest absolute Gasteiger partial charge is 0.336 e. The molecule has 9 nitrogen and oxygen atoms in total. The standard InChI is InChI=1S/C30H32FN7O2/c1-30(2,3)20-9-11-22(32-17-20)28(39)35-24-14-18(7-10-21(24)31)23-15-25(29(40)37-36-23)34-27-12-8-19(16-33-27)26-6-5-13-38(26)4/h7-12,14-17,26H,5-6,13H2,1-4H3,(H,35,39)(H,37,40)(H,33,34,36). The van der Waals surface area contributed by atoms with Crippen molar-refractivity contribution in [3.63, 3.8) is 0 Å². The Kier molecular flexibility index (Phi) is 7.44. The van der Waals surface area contributed by atoms with Crippen LogP contribution in [0.1, 0.15) is 61.3 Å². The quantitative estimate of drug-likeness (QED) is 0.298. The summed E-state index contributed by atoms with van der Waals surface area (Å²) < 4.78 is 14.6. The summed E-state index contributed by atoms with van der Waals surface area (Å²) in [6, 6.07) is 13.4. The molecule has 1 fully saturated rings. The lowest BCUT2D eigenvalue weighted by molar-refractivity contribution is 0.102. The van der Waals surface area contributed by atoms with Crippen LogP contribution in [0, 0.1) is 5.82 Å². The Labute approximate surface area is 231 Å². The van der Waals surface area contributed by atoms with Gasteiger partial charge in [0.2, 0.25) is 0 Å². The third-order valence-corrected chi connectivity index (χ3v) is 7.13. The summed E-state index contributed by atoms with van der Waals surface area (Å²) in [5.41, 5.74) is 2.85. The van der Waals surface area contributed by atoms with Gasteiger partial charge in [-0.05, 0) is 79.4 Å². The Morgan fingerprint density at radius 1 is 1.05 bits per heavy atom. The van der Waals surface area contributed by atoms with Gasteiger partial charge in [-0.1, -0.05) is 32.9 Å². The van der Waals surface area contributed by atoms with Crippen molar-refractivity contribution in [3.8, 4) is 11.3 Å². The molecule has 3 aromatic heterocycles. The number of carbonyl (C=O) groups is 1. The second-order valence-electron chi connectivity index (χ2n) is 11.1. The summed E-state index contributed by atoms with van der Waals surface area (Å²) in [5, 5.41) is 12.2. The van der Waals surface area contributed by atoms with Crippen molar-refractivity contribution in [2.24, 2.45) is 0 Å². The second kappa shape index (κ2) is 11.0. The Morgan fingerprint density at radius 2 is 1.88 bits per heavy atom. The van der Waals surface area contributed by atoms with Crippen LogP contribution in [0.15, 0.2) is 65.7 Å². The molecule has 5 rings (SSSR count). The minimum atomic E-state index is -0.608. The van der Waals surface area contributed by atoms with Gasteiger partial charge in [-0.2, -0.15) is 5.10 Å². The minimum absolute atomic E-state index is 0.0270. The number of hydrogen-bond acceptors (Lipinski definition) is 7. The molecule has 1 saturated heterocycles. The molecule has 206 valence electrons. The van der Waals surface area contributed by atoms with Crippen LogP contribution in [0.25, 0.3) is 11.3 Å². The van der Waals surface area contributed by atoms with Crippen LogP contribution in [0.3, 0.4) is 0 Å². The lowest BCUT2D eigenvalue weighted by atomic mass is 9.88. The zero-order chi connectivity index (χ0) is 28.4. The summed E-state index contributed by atoms with van der Waals surface area (Å²) >= 11 is 0. The lowest BCUT2D eigenvalue weighted by Crippen LogP contribution is -2.18. The highest BCUT2D eigenvalue weighted by molar-refractivity contribution is 6.03. The summed E-state index contributed by atoms with van der Waals surface area (Å²) in [6.45, 7) is 7.23. The second-order valence-corrected chi connectivity index (χ2v) is 11.1. The fourth-order valence-electron chi connectivity index (χ4n) is 4.73. The minimum Gasteiger partial charge on any atom is -0.336 e. The molecule has 1 aliphatic rings. The van der Waals surface area contributed by atoms with Crippen LogP contribution in [0.2, 0.25) is 0 Å². The molecule has 1 aliphatic heterocycles. The van der Waals surface area contributed by atoms with Crippen LogP contribution in [0.4, 0.5) is 21.6 Å². The predicted octanol–water partition coefficient (Wildman–Crippen LogP) is 5.43. The predicted molar refractivity (Wildman–Crippen MR) is 153 cm³/mol. The van der Waals surface area contributed by atoms with E-state index in [0.29, 0.717) is 23.1 Å². The molecule has 0 saturated carbocycles. The summed E-state index contributed by atoms with van der Waals surface area (Å²) in [5.74, 6) is -0.626. The molecule has 10 heteroatoms. The molecular formula is C30H32FN7O2. The number of benzene rings is 1. The van der Waals surface area contributed by atoms with E-state index in [4.69, 9.17) is 0 Å². The van der Waals surface area contributed by atoms with E-state index in [0.717, 1.165) is 30.5 Å². The Balaban J connectivity index is 1.34. The molecule has 1 aromatic carbocycles. The van der Waals surface area contributed by atoms with Gasteiger partial charge in [0.15, 0.2) is 0 Å². The van der Waals surface area contributed by atoms with Crippen LogP contribution >= 0.6 is 0 Å². The third-order valence-electron chi connectivity index (χ3n) is 7.13. The monoisotopic (exact) mass is 541 g/mol. The van der Waals surface area contributed by atoms with Crippen molar-refractivity contribution in [2.45, 2.75) is 45.1 Å². The maximum atomic E-state index is 14.6. The van der Waals surface area contributed by atoms with Crippen LogP contribution in [-0.2, 0) is 5.41 Å².